The second-order valence-corrected chi connectivity index (χ2v) is 14.2. The minimum Gasteiger partial charge on any atom is -0.497 e. The lowest BCUT2D eigenvalue weighted by molar-refractivity contribution is -0.124. The van der Waals surface area contributed by atoms with E-state index in [0.717, 1.165) is 18.1 Å². The number of amides is 2. The van der Waals surface area contributed by atoms with Crippen molar-refractivity contribution < 1.29 is 23.9 Å². The standard InChI is InChI=1S/C28H35NO5Si/c1-5-35(6-2,7-3)34-28(25(30)20-13-15-22(33-4)16-14-20)18-17-23-24(19-28)27(32)29(26(23)31)21-11-9-8-10-12-21/h8-18,23-25,30H,5-7,19H2,1-4H3/t23-,24+,25-,28-/m1/s1. The van der Waals surface area contributed by atoms with Gasteiger partial charge in [-0.15, -0.1) is 0 Å². The molecule has 1 aliphatic carbocycles. The Balaban J connectivity index is 1.75. The number of methoxy groups -OCH3 is 1. The highest BCUT2D eigenvalue weighted by Crippen LogP contribution is 2.48. The van der Waals surface area contributed by atoms with E-state index in [1.165, 1.54) is 4.90 Å². The molecule has 0 spiro atoms. The van der Waals surface area contributed by atoms with E-state index in [0.29, 0.717) is 17.0 Å². The molecular formula is C28H35NO5Si. The molecule has 0 saturated carbocycles. The van der Waals surface area contributed by atoms with Gasteiger partial charge in [0.25, 0.3) is 0 Å². The monoisotopic (exact) mass is 493 g/mol. The molecule has 186 valence electrons. The van der Waals surface area contributed by atoms with Crippen molar-refractivity contribution in [2.24, 2.45) is 11.8 Å². The van der Waals surface area contributed by atoms with Crippen molar-refractivity contribution in [2.45, 2.75) is 57.0 Å². The van der Waals surface area contributed by atoms with Gasteiger partial charge < -0.3 is 14.3 Å². The third-order valence-electron chi connectivity index (χ3n) is 7.85. The summed E-state index contributed by atoms with van der Waals surface area (Å²) in [5.41, 5.74) is 0.177. The molecule has 2 aromatic carbocycles. The van der Waals surface area contributed by atoms with Crippen molar-refractivity contribution in [1.29, 1.82) is 0 Å². The van der Waals surface area contributed by atoms with Crippen LogP contribution in [-0.2, 0) is 14.0 Å². The van der Waals surface area contributed by atoms with Crippen LogP contribution in [-0.4, -0.2) is 37.9 Å². The van der Waals surface area contributed by atoms with Gasteiger partial charge in [-0.2, -0.15) is 0 Å². The summed E-state index contributed by atoms with van der Waals surface area (Å²) in [5, 5.41) is 11.8. The predicted octanol–water partition coefficient (Wildman–Crippen LogP) is 5.25. The molecule has 0 bridgehead atoms. The average Bonchev–Trinajstić information content (AvgIpc) is 3.16. The Labute approximate surface area is 208 Å². The third kappa shape index (κ3) is 4.48. The largest absolute Gasteiger partial charge is 0.497 e. The van der Waals surface area contributed by atoms with E-state index >= 15 is 0 Å². The maximum Gasteiger partial charge on any atom is 0.241 e. The van der Waals surface area contributed by atoms with E-state index in [-0.39, 0.29) is 18.2 Å². The van der Waals surface area contributed by atoms with Gasteiger partial charge in [-0.25, -0.2) is 4.90 Å². The molecule has 4 rings (SSSR count). The lowest BCUT2D eigenvalue weighted by Gasteiger charge is -2.46. The number of fused-ring (bicyclic) bond motifs is 1. The van der Waals surface area contributed by atoms with Gasteiger partial charge in [0.2, 0.25) is 11.8 Å². The quantitative estimate of drug-likeness (QED) is 0.293. The SMILES string of the molecule is CC[Si](CC)(CC)O[C@]1([C@H](O)c2ccc(OC)cc2)C=C[C@H]2C(=O)N(c3ccccc3)C(=O)[C@H]2C1. The van der Waals surface area contributed by atoms with E-state index < -0.39 is 31.9 Å². The molecule has 7 heteroatoms. The zero-order chi connectivity index (χ0) is 25.2. The van der Waals surface area contributed by atoms with Crippen LogP contribution in [0.4, 0.5) is 5.69 Å². The second-order valence-electron chi connectivity index (χ2n) is 9.52. The first-order valence-corrected chi connectivity index (χ1v) is 15.0. The Bertz CT molecular complexity index is 1070. The van der Waals surface area contributed by atoms with E-state index in [2.05, 4.69) is 20.8 Å². The molecule has 4 atom stereocenters. The Morgan fingerprint density at radius 1 is 1.00 bits per heavy atom. The van der Waals surface area contributed by atoms with Crippen LogP contribution in [0.3, 0.4) is 0 Å². The van der Waals surface area contributed by atoms with Crippen LogP contribution in [0.15, 0.2) is 66.7 Å². The van der Waals surface area contributed by atoms with Gasteiger partial charge >= 0.3 is 0 Å². The summed E-state index contributed by atoms with van der Waals surface area (Å²) in [6.45, 7) is 6.43. The number of imide groups is 1. The first kappa shape index (κ1) is 25.4. The minimum atomic E-state index is -2.20. The molecule has 1 heterocycles. The highest BCUT2D eigenvalue weighted by Gasteiger charge is 2.56. The van der Waals surface area contributed by atoms with Crippen LogP contribution < -0.4 is 9.64 Å². The van der Waals surface area contributed by atoms with Crippen molar-refractivity contribution in [3.05, 3.63) is 72.3 Å². The highest BCUT2D eigenvalue weighted by atomic mass is 28.4. The number of hydrogen-bond acceptors (Lipinski definition) is 5. The van der Waals surface area contributed by atoms with Crippen LogP contribution in [0.1, 0.15) is 38.9 Å². The number of aliphatic hydroxyl groups is 1. The van der Waals surface area contributed by atoms with Crippen LogP contribution >= 0.6 is 0 Å². The molecule has 35 heavy (non-hydrogen) atoms. The zero-order valence-electron chi connectivity index (χ0n) is 20.9. The summed E-state index contributed by atoms with van der Waals surface area (Å²) < 4.78 is 12.3. The third-order valence-corrected chi connectivity index (χ3v) is 12.5. The first-order valence-electron chi connectivity index (χ1n) is 12.5. The summed E-state index contributed by atoms with van der Waals surface area (Å²) >= 11 is 0. The van der Waals surface area contributed by atoms with Crippen LogP contribution in [0, 0.1) is 11.8 Å². The van der Waals surface area contributed by atoms with Gasteiger partial charge in [0.1, 0.15) is 17.5 Å². The minimum absolute atomic E-state index is 0.222. The Morgan fingerprint density at radius 2 is 1.63 bits per heavy atom. The van der Waals surface area contributed by atoms with Gasteiger partial charge in [0.15, 0.2) is 8.32 Å². The summed E-state index contributed by atoms with van der Waals surface area (Å²) in [4.78, 5) is 28.1. The molecule has 0 aromatic heterocycles. The number of benzene rings is 2. The normalized spacial score (nSPS) is 25.0. The fourth-order valence-electron chi connectivity index (χ4n) is 5.46. The molecule has 1 saturated heterocycles. The summed E-state index contributed by atoms with van der Waals surface area (Å²) in [6.07, 6.45) is 2.93. The van der Waals surface area contributed by atoms with Crippen molar-refractivity contribution in [2.75, 3.05) is 12.0 Å². The van der Waals surface area contributed by atoms with Crippen LogP contribution in [0.5, 0.6) is 5.75 Å². The van der Waals surface area contributed by atoms with Crippen molar-refractivity contribution in [1.82, 2.24) is 0 Å². The van der Waals surface area contributed by atoms with E-state index in [1.807, 2.05) is 48.5 Å². The van der Waals surface area contributed by atoms with Gasteiger partial charge in [-0.1, -0.05) is 63.3 Å². The molecule has 6 nitrogen and oxygen atoms in total. The molecule has 2 aliphatic rings. The molecule has 0 unspecified atom stereocenters. The number of hydrogen-bond donors (Lipinski definition) is 1. The fourth-order valence-corrected chi connectivity index (χ4v) is 8.46. The molecule has 1 N–H and O–H groups in total. The predicted molar refractivity (Wildman–Crippen MR) is 139 cm³/mol. The summed E-state index contributed by atoms with van der Waals surface area (Å²) in [5.74, 6) is -0.895. The lowest BCUT2D eigenvalue weighted by atomic mass is 9.74. The van der Waals surface area contributed by atoms with Gasteiger partial charge in [-0.3, -0.25) is 9.59 Å². The number of ether oxygens (including phenoxy) is 1. The van der Waals surface area contributed by atoms with E-state index in [4.69, 9.17) is 9.16 Å². The number of rotatable bonds is 9. The molecule has 0 radical (unpaired) electrons. The maximum atomic E-state index is 13.6. The Hall–Kier alpha value is -2.74. The molecule has 1 aliphatic heterocycles. The lowest BCUT2D eigenvalue weighted by Crippen LogP contribution is -2.52. The number of para-hydroxylation sites is 1. The van der Waals surface area contributed by atoms with E-state index in [9.17, 15) is 14.7 Å². The number of aliphatic hydroxyl groups excluding tert-OH is 1. The van der Waals surface area contributed by atoms with Crippen molar-refractivity contribution in [3.8, 4) is 5.75 Å². The number of carbonyl (C=O) groups excluding carboxylic acids is 2. The Kier molecular flexibility index (Phi) is 7.31. The number of nitrogens with zero attached hydrogens (tertiary/aromatic N) is 1. The molecule has 2 amide bonds. The summed E-state index contributed by atoms with van der Waals surface area (Å²) in [7, 11) is -0.598. The van der Waals surface area contributed by atoms with Gasteiger partial charge in [0, 0.05) is 0 Å². The topological polar surface area (TPSA) is 76.1 Å². The van der Waals surface area contributed by atoms with Crippen LogP contribution in [0.2, 0.25) is 18.1 Å². The average molecular weight is 494 g/mol. The maximum absolute atomic E-state index is 13.6. The smallest absolute Gasteiger partial charge is 0.241 e. The van der Waals surface area contributed by atoms with Crippen molar-refractivity contribution >= 4 is 25.8 Å². The number of carbonyl (C=O) groups is 2. The second kappa shape index (κ2) is 10.1. The molecular weight excluding hydrogens is 458 g/mol. The first-order chi connectivity index (χ1) is 16.8. The molecule has 1 fully saturated rings. The molecule has 2 aromatic rings. The van der Waals surface area contributed by atoms with Gasteiger partial charge in [-0.05, 0) is 54.4 Å². The van der Waals surface area contributed by atoms with Crippen molar-refractivity contribution in [3.63, 3.8) is 0 Å². The number of anilines is 1. The van der Waals surface area contributed by atoms with Gasteiger partial charge in [0.05, 0.1) is 24.6 Å². The zero-order valence-corrected chi connectivity index (χ0v) is 21.9. The van der Waals surface area contributed by atoms with E-state index in [1.54, 1.807) is 25.3 Å². The highest BCUT2D eigenvalue weighted by molar-refractivity contribution is 6.73. The van der Waals surface area contributed by atoms with Crippen LogP contribution in [0.25, 0.3) is 0 Å². The summed E-state index contributed by atoms with van der Waals surface area (Å²) in [6, 6.07) is 19.0. The fraction of sp³-hybridized carbons (Fsp3) is 0.429. The Morgan fingerprint density at radius 3 is 2.20 bits per heavy atom.